The summed E-state index contributed by atoms with van der Waals surface area (Å²) in [4.78, 5) is 22.6. The van der Waals surface area contributed by atoms with Crippen LogP contribution in [0.2, 0.25) is 0 Å². The number of nitrogens with zero attached hydrogens (tertiary/aromatic N) is 5. The average molecular weight is 309 g/mol. The first kappa shape index (κ1) is 16.9. The Hall–Kier alpha value is -1.47. The molecule has 1 saturated heterocycles. The minimum Gasteiger partial charge on any atom is -0.347 e. The molecule has 1 aromatic heterocycles. The molecule has 1 fully saturated rings. The summed E-state index contributed by atoms with van der Waals surface area (Å²) >= 11 is 0. The summed E-state index contributed by atoms with van der Waals surface area (Å²) in [6.07, 6.45) is 1.82. The van der Waals surface area contributed by atoms with Crippen molar-refractivity contribution >= 4 is 5.91 Å². The minimum atomic E-state index is -0.0646. The summed E-state index contributed by atoms with van der Waals surface area (Å²) in [6.45, 7) is 6.51. The van der Waals surface area contributed by atoms with Gasteiger partial charge in [-0.2, -0.15) is 4.98 Å². The molecule has 0 spiro atoms. The van der Waals surface area contributed by atoms with Gasteiger partial charge < -0.3 is 9.42 Å². The molecule has 0 bridgehead atoms. The number of aryl methyl sites for hydroxylation is 1. The Bertz CT molecular complexity index is 502. The van der Waals surface area contributed by atoms with Crippen LogP contribution < -0.4 is 0 Å². The Kier molecular flexibility index (Phi) is 5.52. The van der Waals surface area contributed by atoms with Gasteiger partial charge in [0, 0.05) is 39.6 Å². The molecule has 0 saturated carbocycles. The smallest absolute Gasteiger partial charge is 0.239 e. The number of rotatable bonds is 6. The fraction of sp³-hybridized carbons (Fsp3) is 0.800. The molecular weight excluding hydrogens is 282 g/mol. The van der Waals surface area contributed by atoms with Gasteiger partial charge in [-0.15, -0.1) is 0 Å². The molecule has 0 aliphatic carbocycles. The number of hydrogen-bond acceptors (Lipinski definition) is 6. The molecule has 2 heterocycles. The van der Waals surface area contributed by atoms with Crippen molar-refractivity contribution < 1.29 is 9.32 Å². The maximum atomic E-state index is 12.1. The molecule has 2 rings (SSSR count). The van der Waals surface area contributed by atoms with E-state index in [1.807, 2.05) is 13.8 Å². The predicted octanol–water partition coefficient (Wildman–Crippen LogP) is 0.615. The summed E-state index contributed by atoms with van der Waals surface area (Å²) in [7, 11) is 5.69. The molecule has 7 nitrogen and oxygen atoms in total. The lowest BCUT2D eigenvalue weighted by Crippen LogP contribution is -2.45. The van der Waals surface area contributed by atoms with Gasteiger partial charge in [0.05, 0.1) is 12.6 Å². The third-order valence-corrected chi connectivity index (χ3v) is 4.37. The molecule has 0 unspecified atom stereocenters. The summed E-state index contributed by atoms with van der Waals surface area (Å²) in [6, 6.07) is 0.353. The summed E-state index contributed by atoms with van der Waals surface area (Å²) in [5.74, 6) is 1.57. The lowest BCUT2D eigenvalue weighted by molar-refractivity contribution is -0.133. The van der Waals surface area contributed by atoms with Gasteiger partial charge in [-0.3, -0.25) is 14.6 Å². The number of carbonyl (C=O) groups is 1. The Morgan fingerprint density at radius 2 is 2.18 bits per heavy atom. The monoisotopic (exact) mass is 309 g/mol. The van der Waals surface area contributed by atoms with Crippen LogP contribution >= 0.6 is 0 Å². The largest absolute Gasteiger partial charge is 0.347 e. The summed E-state index contributed by atoms with van der Waals surface area (Å²) in [5.41, 5.74) is 0. The molecule has 0 aromatic carbocycles. The first-order chi connectivity index (χ1) is 10.4. The van der Waals surface area contributed by atoms with Crippen LogP contribution in [-0.4, -0.2) is 77.1 Å². The van der Waals surface area contributed by atoms with Crippen LogP contribution in [0.25, 0.3) is 0 Å². The van der Waals surface area contributed by atoms with E-state index in [1.54, 1.807) is 19.0 Å². The third kappa shape index (κ3) is 3.84. The van der Waals surface area contributed by atoms with E-state index in [0.29, 0.717) is 18.5 Å². The Morgan fingerprint density at radius 1 is 1.45 bits per heavy atom. The molecule has 1 amide bonds. The van der Waals surface area contributed by atoms with Crippen molar-refractivity contribution in [2.24, 2.45) is 0 Å². The second-order valence-electron chi connectivity index (χ2n) is 6.22. The molecule has 0 radical (unpaired) electrons. The zero-order chi connectivity index (χ0) is 16.3. The van der Waals surface area contributed by atoms with Gasteiger partial charge in [-0.05, 0) is 20.4 Å². The van der Waals surface area contributed by atoms with E-state index in [0.717, 1.165) is 31.8 Å². The van der Waals surface area contributed by atoms with Crippen molar-refractivity contribution in [3.05, 3.63) is 11.7 Å². The third-order valence-electron chi connectivity index (χ3n) is 4.37. The van der Waals surface area contributed by atoms with Crippen molar-refractivity contribution in [2.45, 2.75) is 45.3 Å². The van der Waals surface area contributed by atoms with Crippen molar-refractivity contribution in [3.8, 4) is 0 Å². The van der Waals surface area contributed by atoms with Gasteiger partial charge in [-0.1, -0.05) is 12.1 Å². The van der Waals surface area contributed by atoms with Crippen LogP contribution in [0.1, 0.15) is 32.0 Å². The van der Waals surface area contributed by atoms with E-state index in [9.17, 15) is 4.79 Å². The number of likely N-dealkylation sites (tertiary alicyclic amines) is 1. The highest BCUT2D eigenvalue weighted by molar-refractivity contribution is 5.80. The van der Waals surface area contributed by atoms with Crippen LogP contribution in [-0.2, 0) is 17.8 Å². The molecule has 1 aliphatic rings. The highest BCUT2D eigenvalue weighted by atomic mass is 16.5. The Balaban J connectivity index is 1.88. The number of likely N-dealkylation sites (N-methyl/N-ethyl adjacent to an activating group) is 2. The predicted molar refractivity (Wildman–Crippen MR) is 83.3 cm³/mol. The quantitative estimate of drug-likeness (QED) is 0.767. The normalized spacial score (nSPS) is 20.5. The van der Waals surface area contributed by atoms with E-state index in [1.165, 1.54) is 0 Å². The van der Waals surface area contributed by atoms with Crippen LogP contribution in [0.4, 0.5) is 0 Å². The lowest BCUT2D eigenvalue weighted by Gasteiger charge is -2.27. The summed E-state index contributed by atoms with van der Waals surface area (Å²) < 4.78 is 5.15. The maximum absolute atomic E-state index is 12.1. The number of amides is 1. The Morgan fingerprint density at radius 3 is 2.77 bits per heavy atom. The van der Waals surface area contributed by atoms with Crippen molar-refractivity contribution in [1.82, 2.24) is 24.8 Å². The SMILES string of the molecule is CCc1nc(CN(C)[C@H]2CCN([C@@H](C)C(=O)N(C)C)C2)no1. The molecule has 124 valence electrons. The number of aromatic nitrogens is 2. The lowest BCUT2D eigenvalue weighted by atomic mass is 10.2. The molecule has 7 heteroatoms. The molecule has 0 N–H and O–H groups in total. The second kappa shape index (κ2) is 7.19. The van der Waals surface area contributed by atoms with Crippen LogP contribution in [0.5, 0.6) is 0 Å². The standard InChI is InChI=1S/C15H27N5O2/c1-6-14-16-13(17-22-14)10-19(5)12-7-8-20(9-12)11(2)15(21)18(3)4/h11-12H,6-10H2,1-5H3/t11-,12-/m0/s1. The minimum absolute atomic E-state index is 0.0646. The first-order valence-corrected chi connectivity index (χ1v) is 7.89. The van der Waals surface area contributed by atoms with E-state index in [4.69, 9.17) is 4.52 Å². The number of hydrogen-bond donors (Lipinski definition) is 0. The zero-order valence-corrected chi connectivity index (χ0v) is 14.2. The van der Waals surface area contributed by atoms with Gasteiger partial charge in [0.25, 0.3) is 0 Å². The zero-order valence-electron chi connectivity index (χ0n) is 14.2. The molecule has 1 aromatic rings. The maximum Gasteiger partial charge on any atom is 0.239 e. The van der Waals surface area contributed by atoms with Crippen molar-refractivity contribution in [1.29, 1.82) is 0 Å². The summed E-state index contributed by atoms with van der Waals surface area (Å²) in [5, 5.41) is 4.00. The van der Waals surface area contributed by atoms with Gasteiger partial charge in [0.15, 0.2) is 5.82 Å². The van der Waals surface area contributed by atoms with Gasteiger partial charge in [-0.25, -0.2) is 0 Å². The highest BCUT2D eigenvalue weighted by Crippen LogP contribution is 2.19. The van der Waals surface area contributed by atoms with Crippen molar-refractivity contribution in [2.75, 3.05) is 34.2 Å². The van der Waals surface area contributed by atoms with E-state index < -0.39 is 0 Å². The van der Waals surface area contributed by atoms with Gasteiger partial charge in [0.1, 0.15) is 0 Å². The second-order valence-corrected chi connectivity index (χ2v) is 6.22. The highest BCUT2D eigenvalue weighted by Gasteiger charge is 2.32. The van der Waals surface area contributed by atoms with Gasteiger partial charge in [0.2, 0.25) is 11.8 Å². The van der Waals surface area contributed by atoms with Crippen LogP contribution in [0.3, 0.4) is 0 Å². The fourth-order valence-corrected chi connectivity index (χ4v) is 2.86. The van der Waals surface area contributed by atoms with Crippen LogP contribution in [0, 0.1) is 0 Å². The van der Waals surface area contributed by atoms with Crippen molar-refractivity contribution in [3.63, 3.8) is 0 Å². The molecule has 2 atom stereocenters. The Labute approximate surface area is 132 Å². The topological polar surface area (TPSA) is 65.7 Å². The average Bonchev–Trinajstić information content (AvgIpc) is 3.14. The van der Waals surface area contributed by atoms with E-state index in [2.05, 4.69) is 27.0 Å². The van der Waals surface area contributed by atoms with E-state index >= 15 is 0 Å². The van der Waals surface area contributed by atoms with E-state index in [-0.39, 0.29) is 11.9 Å². The first-order valence-electron chi connectivity index (χ1n) is 7.89. The molecule has 22 heavy (non-hydrogen) atoms. The van der Waals surface area contributed by atoms with Gasteiger partial charge >= 0.3 is 0 Å². The number of carbonyl (C=O) groups excluding carboxylic acids is 1. The van der Waals surface area contributed by atoms with Crippen LogP contribution in [0.15, 0.2) is 4.52 Å². The molecular formula is C15H27N5O2. The fourth-order valence-electron chi connectivity index (χ4n) is 2.86. The molecule has 1 aliphatic heterocycles.